The van der Waals surface area contributed by atoms with Gasteiger partial charge in [-0.3, -0.25) is 9.78 Å². The van der Waals surface area contributed by atoms with Crippen LogP contribution in [-0.4, -0.2) is 42.0 Å². The number of carbonyl (C=O) groups excluding carboxylic acids is 1. The zero-order valence-corrected chi connectivity index (χ0v) is 10.3. The molecule has 0 bridgehead atoms. The summed E-state index contributed by atoms with van der Waals surface area (Å²) in [5.74, 6) is 0.0786. The quantitative estimate of drug-likeness (QED) is 0.866. The number of thiazole rings is 1. The van der Waals surface area contributed by atoms with Crippen molar-refractivity contribution in [1.82, 2.24) is 15.2 Å². The molecule has 1 aliphatic heterocycles. The van der Waals surface area contributed by atoms with Gasteiger partial charge in [0.2, 0.25) is 0 Å². The minimum absolute atomic E-state index is 0.0786. The van der Waals surface area contributed by atoms with Crippen LogP contribution < -0.4 is 5.32 Å². The van der Waals surface area contributed by atoms with Crippen molar-refractivity contribution in [2.75, 3.05) is 20.1 Å². The molecule has 1 fully saturated rings. The zero-order valence-electron chi connectivity index (χ0n) is 9.48. The number of likely N-dealkylation sites (N-methyl/N-ethyl adjacent to an activating group) is 1. The summed E-state index contributed by atoms with van der Waals surface area (Å²) >= 11 is 1.40. The lowest BCUT2D eigenvalue weighted by Crippen LogP contribution is -2.44. The standard InChI is InChI=1S/C11H17N3OS/c1-14(7-9-4-2-3-5-13-9)11(15)10-6-12-8-16-10/h6,8-9,13H,2-5,7H2,1H3. The zero-order chi connectivity index (χ0) is 11.4. The van der Waals surface area contributed by atoms with E-state index < -0.39 is 0 Å². The summed E-state index contributed by atoms with van der Waals surface area (Å²) in [5, 5.41) is 3.44. The van der Waals surface area contributed by atoms with Crippen molar-refractivity contribution >= 4 is 17.2 Å². The minimum atomic E-state index is 0.0786. The van der Waals surface area contributed by atoms with Gasteiger partial charge in [0.1, 0.15) is 4.88 Å². The summed E-state index contributed by atoms with van der Waals surface area (Å²) in [6.45, 7) is 1.87. The molecule has 88 valence electrons. The van der Waals surface area contributed by atoms with E-state index in [-0.39, 0.29) is 5.91 Å². The van der Waals surface area contributed by atoms with Gasteiger partial charge in [-0.2, -0.15) is 0 Å². The first-order valence-corrected chi connectivity index (χ1v) is 6.52. The second-order valence-electron chi connectivity index (χ2n) is 4.20. The molecule has 0 saturated carbocycles. The summed E-state index contributed by atoms with van der Waals surface area (Å²) in [7, 11) is 1.86. The van der Waals surface area contributed by atoms with Gasteiger partial charge < -0.3 is 10.2 Å². The Morgan fingerprint density at radius 2 is 2.56 bits per heavy atom. The summed E-state index contributed by atoms with van der Waals surface area (Å²) in [4.78, 5) is 18.4. The monoisotopic (exact) mass is 239 g/mol. The van der Waals surface area contributed by atoms with Crippen LogP contribution in [0.15, 0.2) is 11.7 Å². The number of hydrogen-bond donors (Lipinski definition) is 1. The molecule has 1 unspecified atom stereocenters. The maximum absolute atomic E-state index is 11.9. The van der Waals surface area contributed by atoms with Crippen LogP contribution in [0.25, 0.3) is 0 Å². The molecule has 4 nitrogen and oxygen atoms in total. The highest BCUT2D eigenvalue weighted by Crippen LogP contribution is 2.12. The summed E-state index contributed by atoms with van der Waals surface area (Å²) in [5.41, 5.74) is 1.69. The van der Waals surface area contributed by atoms with E-state index in [1.54, 1.807) is 16.6 Å². The first-order valence-electron chi connectivity index (χ1n) is 5.64. The van der Waals surface area contributed by atoms with Crippen LogP contribution >= 0.6 is 11.3 Å². The number of rotatable bonds is 3. The number of amides is 1. The maximum atomic E-state index is 11.9. The Bertz CT molecular complexity index is 333. The van der Waals surface area contributed by atoms with Crippen LogP contribution in [0.4, 0.5) is 0 Å². The van der Waals surface area contributed by atoms with Crippen molar-refractivity contribution in [3.05, 3.63) is 16.6 Å². The molecule has 5 heteroatoms. The van der Waals surface area contributed by atoms with E-state index in [1.807, 2.05) is 7.05 Å². The van der Waals surface area contributed by atoms with Crippen LogP contribution in [0.5, 0.6) is 0 Å². The fraction of sp³-hybridized carbons (Fsp3) is 0.636. The molecular weight excluding hydrogens is 222 g/mol. The van der Waals surface area contributed by atoms with Gasteiger partial charge in [0.25, 0.3) is 5.91 Å². The third-order valence-corrected chi connectivity index (χ3v) is 3.66. The van der Waals surface area contributed by atoms with Gasteiger partial charge in [0.15, 0.2) is 0 Å². The van der Waals surface area contributed by atoms with E-state index in [0.717, 1.165) is 18.0 Å². The van der Waals surface area contributed by atoms with Crippen LogP contribution in [0.3, 0.4) is 0 Å². The Balaban J connectivity index is 1.87. The second-order valence-corrected chi connectivity index (χ2v) is 5.08. The third-order valence-electron chi connectivity index (χ3n) is 2.90. The highest BCUT2D eigenvalue weighted by atomic mass is 32.1. The molecule has 2 heterocycles. The Kier molecular flexibility index (Phi) is 3.90. The number of nitrogens with zero attached hydrogens (tertiary/aromatic N) is 2. The SMILES string of the molecule is CN(CC1CCCCN1)C(=O)c1cncs1. The van der Waals surface area contributed by atoms with E-state index in [1.165, 1.54) is 30.6 Å². The molecule has 1 atom stereocenters. The predicted molar refractivity (Wildman–Crippen MR) is 64.7 cm³/mol. The van der Waals surface area contributed by atoms with Gasteiger partial charge in [0.05, 0.1) is 11.7 Å². The number of aromatic nitrogens is 1. The molecule has 1 aromatic rings. The van der Waals surface area contributed by atoms with Crippen molar-refractivity contribution in [2.45, 2.75) is 25.3 Å². The number of carbonyl (C=O) groups is 1. The lowest BCUT2D eigenvalue weighted by molar-refractivity contribution is 0.0780. The van der Waals surface area contributed by atoms with Gasteiger partial charge in [-0.05, 0) is 19.4 Å². The van der Waals surface area contributed by atoms with Gasteiger partial charge in [-0.15, -0.1) is 11.3 Å². The summed E-state index contributed by atoms with van der Waals surface area (Å²) in [6.07, 6.45) is 5.32. The molecule has 1 amide bonds. The maximum Gasteiger partial charge on any atom is 0.265 e. The fourth-order valence-electron chi connectivity index (χ4n) is 2.00. The normalized spacial score (nSPS) is 20.7. The summed E-state index contributed by atoms with van der Waals surface area (Å²) in [6, 6.07) is 0.454. The van der Waals surface area contributed by atoms with Crippen molar-refractivity contribution < 1.29 is 4.79 Å². The lowest BCUT2D eigenvalue weighted by atomic mass is 10.0. The van der Waals surface area contributed by atoms with E-state index in [0.29, 0.717) is 6.04 Å². The van der Waals surface area contributed by atoms with Gasteiger partial charge in [0, 0.05) is 19.6 Å². The van der Waals surface area contributed by atoms with E-state index >= 15 is 0 Å². The average Bonchev–Trinajstić information content (AvgIpc) is 2.83. The number of hydrogen-bond acceptors (Lipinski definition) is 4. The van der Waals surface area contributed by atoms with Gasteiger partial charge >= 0.3 is 0 Å². The number of nitrogens with one attached hydrogen (secondary N) is 1. The topological polar surface area (TPSA) is 45.2 Å². The Hall–Kier alpha value is -0.940. The minimum Gasteiger partial charge on any atom is -0.339 e. The van der Waals surface area contributed by atoms with E-state index in [4.69, 9.17) is 0 Å². The number of piperidine rings is 1. The summed E-state index contributed by atoms with van der Waals surface area (Å²) < 4.78 is 0. The van der Waals surface area contributed by atoms with Crippen molar-refractivity contribution in [3.63, 3.8) is 0 Å². The van der Waals surface area contributed by atoms with Crippen LogP contribution in [0, 0.1) is 0 Å². The Morgan fingerprint density at radius 3 is 3.19 bits per heavy atom. The fourth-order valence-corrected chi connectivity index (χ4v) is 2.62. The van der Waals surface area contributed by atoms with Crippen LogP contribution in [-0.2, 0) is 0 Å². The first-order chi connectivity index (χ1) is 7.77. The average molecular weight is 239 g/mol. The molecule has 1 N–H and O–H groups in total. The van der Waals surface area contributed by atoms with Gasteiger partial charge in [-0.1, -0.05) is 6.42 Å². The van der Waals surface area contributed by atoms with Crippen molar-refractivity contribution in [1.29, 1.82) is 0 Å². The molecule has 16 heavy (non-hydrogen) atoms. The Labute approximate surface area is 99.7 Å². The largest absolute Gasteiger partial charge is 0.339 e. The Morgan fingerprint density at radius 1 is 1.69 bits per heavy atom. The van der Waals surface area contributed by atoms with Crippen molar-refractivity contribution in [2.24, 2.45) is 0 Å². The molecule has 0 spiro atoms. The molecule has 0 aliphatic carbocycles. The highest BCUT2D eigenvalue weighted by molar-refractivity contribution is 7.11. The molecule has 1 aliphatic rings. The third kappa shape index (κ3) is 2.80. The second kappa shape index (κ2) is 5.41. The predicted octanol–water partition coefficient (Wildman–Crippen LogP) is 1.36. The van der Waals surface area contributed by atoms with Crippen LogP contribution in [0.2, 0.25) is 0 Å². The van der Waals surface area contributed by atoms with Gasteiger partial charge in [-0.25, -0.2) is 0 Å². The van der Waals surface area contributed by atoms with E-state index in [9.17, 15) is 4.79 Å². The molecule has 2 rings (SSSR count). The van der Waals surface area contributed by atoms with Crippen molar-refractivity contribution in [3.8, 4) is 0 Å². The van der Waals surface area contributed by atoms with E-state index in [2.05, 4.69) is 10.3 Å². The highest BCUT2D eigenvalue weighted by Gasteiger charge is 2.19. The first kappa shape index (κ1) is 11.5. The molecule has 0 radical (unpaired) electrons. The molecule has 1 aromatic heterocycles. The molecule has 0 aromatic carbocycles. The van der Waals surface area contributed by atoms with Crippen LogP contribution in [0.1, 0.15) is 28.9 Å². The molecular formula is C11H17N3OS. The smallest absolute Gasteiger partial charge is 0.265 e. The molecule has 1 saturated heterocycles. The lowest BCUT2D eigenvalue weighted by Gasteiger charge is -2.27.